The van der Waals surface area contributed by atoms with E-state index in [0.29, 0.717) is 22.9 Å². The average molecular weight is 516 g/mol. The third-order valence-electron chi connectivity index (χ3n) is 6.10. The fourth-order valence-corrected chi connectivity index (χ4v) is 4.84. The standard InChI is InChI=1S/C24H19Cl2N3O6/c1-13-5-7-17-19(9-13)24(33)28(23(17)32)27(12-21(30)18-8-6-15(25)11-20(18)26)22(31)14-3-2-4-16(10-14)29(34)35/h2-6,8,10-11,17,19H,7,9,12H2,1H3/t17-,19-/m0/s1. The average Bonchev–Trinajstić information content (AvgIpc) is 3.06. The fraction of sp³-hybridized carbons (Fsp3) is 0.250. The van der Waals surface area contributed by atoms with Gasteiger partial charge in [-0.25, -0.2) is 5.01 Å². The van der Waals surface area contributed by atoms with Gasteiger partial charge in [0.15, 0.2) is 5.78 Å². The fourth-order valence-electron chi connectivity index (χ4n) is 4.33. The summed E-state index contributed by atoms with van der Waals surface area (Å²) in [7, 11) is 0. The van der Waals surface area contributed by atoms with E-state index < -0.39 is 46.8 Å². The highest BCUT2D eigenvalue weighted by atomic mass is 35.5. The molecule has 0 unspecified atom stereocenters. The minimum Gasteiger partial charge on any atom is -0.292 e. The summed E-state index contributed by atoms with van der Waals surface area (Å²) in [6.07, 6.45) is 2.58. The number of ketones is 1. The van der Waals surface area contributed by atoms with Crippen LogP contribution in [0, 0.1) is 22.0 Å². The molecule has 2 aromatic carbocycles. The van der Waals surface area contributed by atoms with Gasteiger partial charge < -0.3 is 0 Å². The number of benzene rings is 2. The number of hydrogen-bond acceptors (Lipinski definition) is 6. The highest BCUT2D eigenvalue weighted by molar-refractivity contribution is 6.37. The van der Waals surface area contributed by atoms with E-state index in [-0.39, 0.29) is 21.8 Å². The summed E-state index contributed by atoms with van der Waals surface area (Å²) in [5, 5.41) is 13.0. The Bertz CT molecular complexity index is 1310. The van der Waals surface area contributed by atoms with E-state index >= 15 is 0 Å². The van der Waals surface area contributed by atoms with Gasteiger partial charge in [-0.3, -0.25) is 29.3 Å². The SMILES string of the molecule is CC1=CC[C@@H]2C(=O)N(N(CC(=O)c3ccc(Cl)cc3Cl)C(=O)c3cccc([N+](=O)[O-])c3)C(=O)[C@H]2C1. The van der Waals surface area contributed by atoms with Crippen LogP contribution >= 0.6 is 23.2 Å². The Hall–Kier alpha value is -3.56. The second-order valence-corrected chi connectivity index (χ2v) is 9.25. The first-order chi connectivity index (χ1) is 16.6. The van der Waals surface area contributed by atoms with Gasteiger partial charge in [-0.1, -0.05) is 40.9 Å². The summed E-state index contributed by atoms with van der Waals surface area (Å²) in [5.74, 6) is -4.05. The van der Waals surface area contributed by atoms with Crippen molar-refractivity contribution in [2.24, 2.45) is 11.8 Å². The van der Waals surface area contributed by atoms with Crippen molar-refractivity contribution in [1.29, 1.82) is 0 Å². The molecule has 1 aliphatic carbocycles. The molecule has 1 aliphatic heterocycles. The van der Waals surface area contributed by atoms with Crippen LogP contribution in [0.3, 0.4) is 0 Å². The highest BCUT2D eigenvalue weighted by Gasteiger charge is 2.51. The Morgan fingerprint density at radius 1 is 1.11 bits per heavy atom. The molecule has 2 aromatic rings. The van der Waals surface area contributed by atoms with Crippen LogP contribution in [0.4, 0.5) is 5.69 Å². The molecule has 0 aromatic heterocycles. The number of halogens is 2. The molecule has 0 radical (unpaired) electrons. The number of fused-ring (bicyclic) bond motifs is 1. The first-order valence-electron chi connectivity index (χ1n) is 10.7. The van der Waals surface area contributed by atoms with Crippen molar-refractivity contribution in [2.45, 2.75) is 19.8 Å². The zero-order chi connectivity index (χ0) is 25.4. The lowest BCUT2D eigenvalue weighted by Gasteiger charge is -2.30. The number of imide groups is 1. The molecule has 1 fully saturated rings. The maximum atomic E-state index is 13.5. The summed E-state index contributed by atoms with van der Waals surface area (Å²) in [5.41, 5.74) is 0.492. The van der Waals surface area contributed by atoms with E-state index in [4.69, 9.17) is 23.2 Å². The normalized spacial score (nSPS) is 19.3. The number of nitrogens with zero attached hydrogens (tertiary/aromatic N) is 3. The number of Topliss-reactive ketones (excluding diaryl/α,β-unsaturated/α-hetero) is 1. The molecule has 0 saturated carbocycles. The summed E-state index contributed by atoms with van der Waals surface area (Å²) in [6.45, 7) is 1.17. The van der Waals surface area contributed by atoms with Gasteiger partial charge in [0.25, 0.3) is 23.4 Å². The molecule has 35 heavy (non-hydrogen) atoms. The first-order valence-corrected chi connectivity index (χ1v) is 11.4. The molecule has 11 heteroatoms. The number of nitro benzene ring substituents is 1. The summed E-state index contributed by atoms with van der Waals surface area (Å²) in [6, 6.07) is 9.03. The number of hydrazine groups is 1. The molecule has 1 saturated heterocycles. The van der Waals surface area contributed by atoms with Crippen LogP contribution in [0.2, 0.25) is 10.0 Å². The van der Waals surface area contributed by atoms with Gasteiger partial charge in [0.1, 0.15) is 6.54 Å². The maximum Gasteiger partial charge on any atom is 0.273 e. The Balaban J connectivity index is 1.73. The lowest BCUT2D eigenvalue weighted by atomic mass is 9.82. The van der Waals surface area contributed by atoms with E-state index in [2.05, 4.69) is 0 Å². The van der Waals surface area contributed by atoms with Crippen molar-refractivity contribution in [3.63, 3.8) is 0 Å². The van der Waals surface area contributed by atoms with Gasteiger partial charge in [0, 0.05) is 28.3 Å². The van der Waals surface area contributed by atoms with Crippen LogP contribution in [0.5, 0.6) is 0 Å². The predicted octanol–water partition coefficient (Wildman–Crippen LogP) is 4.48. The number of rotatable bonds is 6. The largest absolute Gasteiger partial charge is 0.292 e. The number of carbonyl (C=O) groups is 4. The highest BCUT2D eigenvalue weighted by Crippen LogP contribution is 2.39. The van der Waals surface area contributed by atoms with Crippen LogP contribution in [0.25, 0.3) is 0 Å². The maximum absolute atomic E-state index is 13.5. The summed E-state index contributed by atoms with van der Waals surface area (Å²) in [4.78, 5) is 63.8. The van der Waals surface area contributed by atoms with Crippen LogP contribution in [-0.4, -0.2) is 45.0 Å². The van der Waals surface area contributed by atoms with Gasteiger partial charge in [-0.05, 0) is 44.0 Å². The zero-order valence-corrected chi connectivity index (χ0v) is 20.0. The molecule has 2 aliphatic rings. The van der Waals surface area contributed by atoms with Crippen LogP contribution in [-0.2, 0) is 9.59 Å². The van der Waals surface area contributed by atoms with E-state index in [9.17, 15) is 29.3 Å². The quantitative estimate of drug-likeness (QED) is 0.184. The Kier molecular flexibility index (Phi) is 6.73. The van der Waals surface area contributed by atoms with Gasteiger partial charge in [-0.2, -0.15) is 5.01 Å². The second-order valence-electron chi connectivity index (χ2n) is 8.41. The van der Waals surface area contributed by atoms with Gasteiger partial charge in [-0.15, -0.1) is 0 Å². The molecule has 4 rings (SSSR count). The third-order valence-corrected chi connectivity index (χ3v) is 6.65. The lowest BCUT2D eigenvalue weighted by Crippen LogP contribution is -2.52. The molecule has 0 spiro atoms. The number of hydrogen-bond donors (Lipinski definition) is 0. The number of non-ortho nitro benzene ring substituents is 1. The minimum absolute atomic E-state index is 0.0396. The van der Waals surface area contributed by atoms with Gasteiger partial charge in [0.2, 0.25) is 0 Å². The van der Waals surface area contributed by atoms with Gasteiger partial charge in [0.05, 0.1) is 21.8 Å². The molecular formula is C24H19Cl2N3O6. The van der Waals surface area contributed by atoms with E-state index in [1.807, 2.05) is 13.0 Å². The summed E-state index contributed by atoms with van der Waals surface area (Å²) >= 11 is 12.1. The zero-order valence-electron chi connectivity index (χ0n) is 18.4. The molecule has 0 N–H and O–H groups in total. The monoisotopic (exact) mass is 515 g/mol. The second kappa shape index (κ2) is 9.59. The smallest absolute Gasteiger partial charge is 0.273 e. The summed E-state index contributed by atoms with van der Waals surface area (Å²) < 4.78 is 0. The number of nitro groups is 1. The molecule has 0 bridgehead atoms. The number of amides is 3. The van der Waals surface area contributed by atoms with E-state index in [0.717, 1.165) is 16.6 Å². The van der Waals surface area contributed by atoms with Crippen LogP contribution in [0.15, 0.2) is 54.1 Å². The Morgan fingerprint density at radius 2 is 1.83 bits per heavy atom. The van der Waals surface area contributed by atoms with Gasteiger partial charge >= 0.3 is 0 Å². The predicted molar refractivity (Wildman–Crippen MR) is 127 cm³/mol. The van der Waals surface area contributed by atoms with Crippen LogP contribution in [0.1, 0.15) is 40.5 Å². The number of carbonyl (C=O) groups excluding carboxylic acids is 4. The third kappa shape index (κ3) is 4.69. The minimum atomic E-state index is -0.905. The van der Waals surface area contributed by atoms with Crippen molar-refractivity contribution in [2.75, 3.05) is 6.54 Å². The molecule has 3 amide bonds. The molecule has 1 heterocycles. The molecule has 2 atom stereocenters. The topological polar surface area (TPSA) is 118 Å². The van der Waals surface area contributed by atoms with Crippen molar-refractivity contribution >= 4 is 52.4 Å². The first kappa shape index (κ1) is 24.6. The van der Waals surface area contributed by atoms with Crippen molar-refractivity contribution in [1.82, 2.24) is 10.0 Å². The van der Waals surface area contributed by atoms with Crippen molar-refractivity contribution in [3.8, 4) is 0 Å². The van der Waals surface area contributed by atoms with Crippen LogP contribution < -0.4 is 0 Å². The van der Waals surface area contributed by atoms with Crippen molar-refractivity contribution < 1.29 is 24.1 Å². The lowest BCUT2D eigenvalue weighted by molar-refractivity contribution is -0.384. The Morgan fingerprint density at radius 3 is 2.51 bits per heavy atom. The van der Waals surface area contributed by atoms with E-state index in [1.165, 1.54) is 36.4 Å². The van der Waals surface area contributed by atoms with Crippen molar-refractivity contribution in [3.05, 3.63) is 85.4 Å². The Labute approximate surface area is 210 Å². The number of allylic oxidation sites excluding steroid dienone is 2. The molecule has 9 nitrogen and oxygen atoms in total. The molecular weight excluding hydrogens is 497 g/mol. The van der Waals surface area contributed by atoms with E-state index in [1.54, 1.807) is 0 Å². The molecule has 180 valence electrons.